The molecular formula is C20H27FN4O3S. The highest BCUT2D eigenvalue weighted by atomic mass is 32.2. The predicted molar refractivity (Wildman–Crippen MR) is 113 cm³/mol. The Hall–Kier alpha value is -1.68. The van der Waals surface area contributed by atoms with Crippen molar-refractivity contribution in [1.29, 1.82) is 0 Å². The molecule has 4 rings (SSSR count). The number of hydrogen-bond donors (Lipinski definition) is 2. The largest absolute Gasteiger partial charge is 0.384 e. The van der Waals surface area contributed by atoms with E-state index in [0.717, 1.165) is 58.9 Å². The fraction of sp³-hybridized carbons (Fsp3) is 0.600. The molecule has 0 unspecified atom stereocenters. The van der Waals surface area contributed by atoms with Crippen molar-refractivity contribution in [2.24, 2.45) is 0 Å². The number of halogens is 1. The van der Waals surface area contributed by atoms with Gasteiger partial charge in [-0.05, 0) is 25.0 Å². The molecule has 2 saturated heterocycles. The van der Waals surface area contributed by atoms with Gasteiger partial charge in [-0.2, -0.15) is 11.8 Å². The Morgan fingerprint density at radius 3 is 2.76 bits per heavy atom. The Kier molecular flexibility index (Phi) is 7.02. The second-order valence-corrected chi connectivity index (χ2v) is 8.66. The molecule has 0 saturated carbocycles. The van der Waals surface area contributed by atoms with Crippen molar-refractivity contribution >= 4 is 28.4 Å². The molecule has 2 aliphatic rings. The van der Waals surface area contributed by atoms with Gasteiger partial charge >= 0.3 is 0 Å². The molecule has 29 heavy (non-hydrogen) atoms. The number of aromatic amines is 1. The molecule has 1 aromatic carbocycles. The van der Waals surface area contributed by atoms with Crippen LogP contribution in [0.4, 0.5) is 10.1 Å². The van der Waals surface area contributed by atoms with E-state index in [1.807, 2.05) is 0 Å². The molecule has 0 atom stereocenters. The van der Waals surface area contributed by atoms with Crippen LogP contribution in [0.5, 0.6) is 0 Å². The zero-order valence-corrected chi connectivity index (χ0v) is 17.2. The monoisotopic (exact) mass is 422 g/mol. The van der Waals surface area contributed by atoms with Gasteiger partial charge in [-0.3, -0.25) is 9.69 Å². The third-order valence-corrected chi connectivity index (χ3v) is 6.68. The third kappa shape index (κ3) is 5.48. The second-order valence-electron chi connectivity index (χ2n) is 7.37. The Labute approximate surface area is 173 Å². The lowest BCUT2D eigenvalue weighted by molar-refractivity contribution is 0.0398. The molecular weight excluding hydrogens is 395 g/mol. The maximum atomic E-state index is 14.6. The van der Waals surface area contributed by atoms with Crippen LogP contribution in [-0.2, 0) is 15.2 Å². The number of rotatable bonds is 7. The number of aromatic nitrogens is 2. The summed E-state index contributed by atoms with van der Waals surface area (Å²) in [6.45, 7) is 6.46. The van der Waals surface area contributed by atoms with Crippen LogP contribution >= 0.6 is 11.8 Å². The lowest BCUT2D eigenvalue weighted by Crippen LogP contribution is -2.39. The first-order valence-electron chi connectivity index (χ1n) is 10.1. The van der Waals surface area contributed by atoms with E-state index in [1.54, 1.807) is 17.8 Å². The van der Waals surface area contributed by atoms with Gasteiger partial charge in [0.2, 0.25) is 0 Å². The summed E-state index contributed by atoms with van der Waals surface area (Å²) in [7, 11) is 0. The fourth-order valence-corrected chi connectivity index (χ4v) is 4.72. The third-order valence-electron chi connectivity index (χ3n) is 5.29. The molecule has 1 aromatic heterocycles. The fourth-order valence-electron chi connectivity index (χ4n) is 3.66. The van der Waals surface area contributed by atoms with Crippen LogP contribution in [0, 0.1) is 5.82 Å². The van der Waals surface area contributed by atoms with Crippen LogP contribution < -0.4 is 10.9 Å². The summed E-state index contributed by atoms with van der Waals surface area (Å²) in [4.78, 5) is 22.0. The Morgan fingerprint density at radius 2 is 1.97 bits per heavy atom. The molecule has 0 spiro atoms. The van der Waals surface area contributed by atoms with E-state index in [2.05, 4.69) is 20.2 Å². The van der Waals surface area contributed by atoms with Crippen LogP contribution in [0.25, 0.3) is 10.9 Å². The maximum absolute atomic E-state index is 14.6. The first-order chi connectivity index (χ1) is 14.2. The number of thioether (sulfide) groups is 1. The normalized spacial score (nSPS) is 18.9. The van der Waals surface area contributed by atoms with E-state index in [1.165, 1.54) is 6.07 Å². The molecule has 2 aliphatic heterocycles. The Balaban J connectivity index is 1.43. The van der Waals surface area contributed by atoms with Gasteiger partial charge in [0, 0.05) is 50.3 Å². The summed E-state index contributed by atoms with van der Waals surface area (Å²) in [5, 5.41) is 3.78. The van der Waals surface area contributed by atoms with Crippen LogP contribution in [0.2, 0.25) is 0 Å². The van der Waals surface area contributed by atoms with Crippen LogP contribution in [0.1, 0.15) is 18.7 Å². The Morgan fingerprint density at radius 1 is 1.21 bits per heavy atom. The smallest absolute Gasteiger partial charge is 0.261 e. The van der Waals surface area contributed by atoms with Crippen molar-refractivity contribution in [3.05, 3.63) is 34.1 Å². The first-order valence-corrected chi connectivity index (χ1v) is 11.2. The SMILES string of the molecule is O=c1[nH]c(CSC2CCOCC2)nc2cc(NCCN3CCOCC3)cc(F)c12. The summed E-state index contributed by atoms with van der Waals surface area (Å²) in [5.74, 6) is 0.643. The van der Waals surface area contributed by atoms with Gasteiger partial charge in [0.1, 0.15) is 17.0 Å². The number of morpholine rings is 1. The molecule has 0 amide bonds. The van der Waals surface area contributed by atoms with Gasteiger partial charge in [0.25, 0.3) is 5.56 Å². The highest BCUT2D eigenvalue weighted by molar-refractivity contribution is 7.99. The topological polar surface area (TPSA) is 79.5 Å². The minimum atomic E-state index is -0.547. The minimum absolute atomic E-state index is 0.0172. The highest BCUT2D eigenvalue weighted by Crippen LogP contribution is 2.25. The molecule has 158 valence electrons. The minimum Gasteiger partial charge on any atom is -0.384 e. The van der Waals surface area contributed by atoms with Gasteiger partial charge in [0.15, 0.2) is 0 Å². The summed E-state index contributed by atoms with van der Waals surface area (Å²) in [5.41, 5.74) is 0.615. The predicted octanol–water partition coefficient (Wildman–Crippen LogP) is 2.22. The molecule has 7 nitrogen and oxygen atoms in total. The van der Waals surface area contributed by atoms with Crippen molar-refractivity contribution < 1.29 is 13.9 Å². The highest BCUT2D eigenvalue weighted by Gasteiger charge is 2.16. The maximum Gasteiger partial charge on any atom is 0.261 e. The molecule has 2 aromatic rings. The zero-order chi connectivity index (χ0) is 20.1. The van der Waals surface area contributed by atoms with E-state index in [9.17, 15) is 9.18 Å². The van der Waals surface area contributed by atoms with Gasteiger partial charge < -0.3 is 19.8 Å². The van der Waals surface area contributed by atoms with E-state index in [0.29, 0.717) is 34.6 Å². The van der Waals surface area contributed by atoms with Crippen molar-refractivity contribution in [2.45, 2.75) is 23.8 Å². The van der Waals surface area contributed by atoms with Crippen LogP contribution in [0.15, 0.2) is 16.9 Å². The average molecular weight is 423 g/mol. The van der Waals surface area contributed by atoms with E-state index in [-0.39, 0.29) is 5.39 Å². The molecule has 0 bridgehead atoms. The number of fused-ring (bicyclic) bond motifs is 1. The number of benzene rings is 1. The van der Waals surface area contributed by atoms with Gasteiger partial charge in [-0.1, -0.05) is 0 Å². The lowest BCUT2D eigenvalue weighted by Gasteiger charge is -2.26. The average Bonchev–Trinajstić information content (AvgIpc) is 2.73. The van der Waals surface area contributed by atoms with Crippen molar-refractivity contribution in [3.8, 4) is 0 Å². The standard InChI is InChI=1S/C20H27FN4O3S/c21-16-11-14(22-3-4-25-5-9-28-10-6-25)12-17-19(16)20(26)24-18(23-17)13-29-15-1-7-27-8-2-15/h11-12,15,22H,1-10,13H2,(H,23,24,26). The van der Waals surface area contributed by atoms with Crippen LogP contribution in [-0.4, -0.2) is 72.7 Å². The summed E-state index contributed by atoms with van der Waals surface area (Å²) < 4.78 is 25.3. The lowest BCUT2D eigenvalue weighted by atomic mass is 10.2. The number of nitrogens with zero attached hydrogens (tertiary/aromatic N) is 2. The zero-order valence-electron chi connectivity index (χ0n) is 16.4. The molecule has 3 heterocycles. The van der Waals surface area contributed by atoms with Crippen molar-refractivity contribution in [1.82, 2.24) is 14.9 Å². The summed E-state index contributed by atoms with van der Waals surface area (Å²) in [6, 6.07) is 3.13. The number of anilines is 1. The Bertz CT molecular complexity index is 882. The quantitative estimate of drug-likeness (QED) is 0.708. The van der Waals surface area contributed by atoms with E-state index in [4.69, 9.17) is 9.47 Å². The number of ether oxygens (including phenoxy) is 2. The molecule has 0 aliphatic carbocycles. The molecule has 2 N–H and O–H groups in total. The van der Waals surface area contributed by atoms with Gasteiger partial charge in [-0.25, -0.2) is 9.37 Å². The summed E-state index contributed by atoms with van der Waals surface area (Å²) in [6.07, 6.45) is 2.02. The van der Waals surface area contributed by atoms with E-state index < -0.39 is 11.4 Å². The molecule has 0 radical (unpaired) electrons. The van der Waals surface area contributed by atoms with Crippen molar-refractivity contribution in [2.75, 3.05) is 57.9 Å². The molecule has 2 fully saturated rings. The second kappa shape index (κ2) is 9.88. The van der Waals surface area contributed by atoms with Gasteiger partial charge in [-0.15, -0.1) is 0 Å². The molecule has 9 heteroatoms. The summed E-state index contributed by atoms with van der Waals surface area (Å²) >= 11 is 1.77. The first kappa shape index (κ1) is 20.6. The van der Waals surface area contributed by atoms with Gasteiger partial charge in [0.05, 0.1) is 24.5 Å². The number of hydrogen-bond acceptors (Lipinski definition) is 7. The number of H-pyrrole nitrogens is 1. The number of nitrogens with one attached hydrogen (secondary N) is 2. The van der Waals surface area contributed by atoms with Crippen molar-refractivity contribution in [3.63, 3.8) is 0 Å². The van der Waals surface area contributed by atoms with E-state index >= 15 is 0 Å². The van der Waals surface area contributed by atoms with Crippen LogP contribution in [0.3, 0.4) is 0 Å².